The van der Waals surface area contributed by atoms with Crippen LogP contribution in [0, 0.1) is 0 Å². The van der Waals surface area contributed by atoms with Crippen LogP contribution in [0.3, 0.4) is 0 Å². The van der Waals surface area contributed by atoms with Crippen molar-refractivity contribution >= 4 is 40.8 Å². The maximum absolute atomic E-state index is 12.4. The second-order valence-corrected chi connectivity index (χ2v) is 7.36. The van der Waals surface area contributed by atoms with E-state index in [-0.39, 0.29) is 37.4 Å². The second kappa shape index (κ2) is 8.30. The molecule has 4 amide bonds. The van der Waals surface area contributed by atoms with Gasteiger partial charge in [-0.1, -0.05) is 17.7 Å². The highest BCUT2D eigenvalue weighted by molar-refractivity contribution is 7.16. The third-order valence-corrected chi connectivity index (χ3v) is 4.90. The van der Waals surface area contributed by atoms with Crippen LogP contribution in [-0.2, 0) is 16.1 Å². The number of nitrogens with zero attached hydrogens (tertiary/aromatic N) is 3. The van der Waals surface area contributed by atoms with Crippen LogP contribution >= 0.6 is 22.9 Å². The first kappa shape index (κ1) is 18.5. The first-order valence-corrected chi connectivity index (χ1v) is 8.80. The van der Waals surface area contributed by atoms with Crippen molar-refractivity contribution in [3.63, 3.8) is 0 Å². The molecule has 8 heteroatoms. The molecule has 0 saturated carbocycles. The predicted octanol–water partition coefficient (Wildman–Crippen LogP) is 2.59. The topological polar surface area (TPSA) is 60.9 Å². The lowest BCUT2D eigenvalue weighted by Gasteiger charge is -2.21. The molecule has 2 rings (SSSR count). The van der Waals surface area contributed by atoms with E-state index >= 15 is 0 Å². The van der Waals surface area contributed by atoms with E-state index in [1.807, 2.05) is 6.07 Å². The number of hydrogen-bond acceptors (Lipinski definition) is 4. The summed E-state index contributed by atoms with van der Waals surface area (Å²) in [6, 6.07) is 3.40. The molecule has 6 nitrogen and oxygen atoms in total. The fourth-order valence-electron chi connectivity index (χ4n) is 2.47. The number of imide groups is 1. The lowest BCUT2D eigenvalue weighted by atomic mass is 10.2. The van der Waals surface area contributed by atoms with Gasteiger partial charge in [-0.2, -0.15) is 0 Å². The summed E-state index contributed by atoms with van der Waals surface area (Å²) in [7, 11) is 1.59. The van der Waals surface area contributed by atoms with Crippen molar-refractivity contribution in [2.24, 2.45) is 0 Å². The standard InChI is InChI=1S/C16H20ClN3O3S/c1-3-8-19(10-12-6-7-13(17)24-12)14(21)5-4-9-20-15(22)11-18(2)16(20)23/h3,6-7H,1,4-5,8-11H2,2H3. The highest BCUT2D eigenvalue weighted by atomic mass is 35.5. The van der Waals surface area contributed by atoms with Crippen LogP contribution in [-0.4, -0.2) is 59.2 Å². The Balaban J connectivity index is 1.85. The summed E-state index contributed by atoms with van der Waals surface area (Å²) < 4.78 is 0.686. The van der Waals surface area contributed by atoms with Crippen LogP contribution in [0.1, 0.15) is 17.7 Å². The Hall–Kier alpha value is -1.86. The zero-order valence-corrected chi connectivity index (χ0v) is 15.1. The van der Waals surface area contributed by atoms with E-state index in [0.29, 0.717) is 23.8 Å². The molecule has 0 aliphatic carbocycles. The van der Waals surface area contributed by atoms with Crippen molar-refractivity contribution in [1.82, 2.24) is 14.7 Å². The third kappa shape index (κ3) is 4.58. The van der Waals surface area contributed by atoms with Gasteiger partial charge in [-0.3, -0.25) is 14.5 Å². The van der Waals surface area contributed by atoms with Gasteiger partial charge >= 0.3 is 6.03 Å². The normalized spacial score (nSPS) is 14.4. The molecule has 0 atom stereocenters. The number of carbonyl (C=O) groups is 3. The molecule has 24 heavy (non-hydrogen) atoms. The molecule has 0 spiro atoms. The molecule has 2 heterocycles. The summed E-state index contributed by atoms with van der Waals surface area (Å²) in [5.41, 5.74) is 0. The quantitative estimate of drug-likeness (QED) is 0.522. The molecular formula is C16H20ClN3O3S. The van der Waals surface area contributed by atoms with Gasteiger partial charge in [0.1, 0.15) is 6.54 Å². The van der Waals surface area contributed by atoms with Crippen molar-refractivity contribution < 1.29 is 14.4 Å². The van der Waals surface area contributed by atoms with Crippen molar-refractivity contribution in [3.8, 4) is 0 Å². The molecule has 0 unspecified atom stereocenters. The molecule has 1 aliphatic rings. The minimum absolute atomic E-state index is 0.0353. The van der Waals surface area contributed by atoms with Crippen molar-refractivity contribution in [1.29, 1.82) is 0 Å². The van der Waals surface area contributed by atoms with E-state index in [0.717, 1.165) is 4.88 Å². The summed E-state index contributed by atoms with van der Waals surface area (Å²) in [5.74, 6) is -0.252. The van der Waals surface area contributed by atoms with Gasteiger partial charge in [-0.05, 0) is 18.6 Å². The zero-order chi connectivity index (χ0) is 17.7. The molecule has 0 aromatic carbocycles. The average Bonchev–Trinajstić information content (AvgIpc) is 3.04. The Morgan fingerprint density at radius 3 is 2.75 bits per heavy atom. The minimum atomic E-state index is -0.302. The molecular weight excluding hydrogens is 350 g/mol. The fourth-order valence-corrected chi connectivity index (χ4v) is 3.57. The van der Waals surface area contributed by atoms with Crippen molar-refractivity contribution in [3.05, 3.63) is 34.0 Å². The molecule has 130 valence electrons. The lowest BCUT2D eigenvalue weighted by Crippen LogP contribution is -2.34. The number of halogens is 1. The summed E-state index contributed by atoms with van der Waals surface area (Å²) in [4.78, 5) is 41.1. The van der Waals surface area contributed by atoms with E-state index in [1.54, 1.807) is 24.1 Å². The number of likely N-dealkylation sites (N-methyl/N-ethyl adjacent to an activating group) is 1. The Morgan fingerprint density at radius 1 is 1.46 bits per heavy atom. The van der Waals surface area contributed by atoms with E-state index in [9.17, 15) is 14.4 Å². The van der Waals surface area contributed by atoms with Gasteiger partial charge in [0.25, 0.3) is 0 Å². The van der Waals surface area contributed by atoms with Crippen LogP contribution < -0.4 is 0 Å². The monoisotopic (exact) mass is 369 g/mol. The number of carbonyl (C=O) groups excluding carboxylic acids is 3. The van der Waals surface area contributed by atoms with Gasteiger partial charge < -0.3 is 9.80 Å². The van der Waals surface area contributed by atoms with Crippen LogP contribution in [0.25, 0.3) is 0 Å². The highest BCUT2D eigenvalue weighted by Gasteiger charge is 2.32. The first-order chi connectivity index (χ1) is 11.4. The Labute approximate surface area is 150 Å². The van der Waals surface area contributed by atoms with Crippen molar-refractivity contribution in [2.45, 2.75) is 19.4 Å². The summed E-state index contributed by atoms with van der Waals surface area (Å²) in [6.07, 6.45) is 2.40. The van der Waals surface area contributed by atoms with Crippen LogP contribution in [0.15, 0.2) is 24.8 Å². The van der Waals surface area contributed by atoms with E-state index in [2.05, 4.69) is 6.58 Å². The SMILES string of the molecule is C=CCN(Cc1ccc(Cl)s1)C(=O)CCCN1C(=O)CN(C)C1=O. The number of rotatable bonds is 8. The Kier molecular flexibility index (Phi) is 6.39. The smallest absolute Gasteiger partial charge is 0.326 e. The van der Waals surface area contributed by atoms with E-state index < -0.39 is 0 Å². The number of hydrogen-bond donors (Lipinski definition) is 0. The lowest BCUT2D eigenvalue weighted by molar-refractivity contribution is -0.132. The minimum Gasteiger partial charge on any atom is -0.334 e. The molecule has 0 N–H and O–H groups in total. The number of thiophene rings is 1. The van der Waals surface area contributed by atoms with Gasteiger partial charge in [0.15, 0.2) is 0 Å². The zero-order valence-electron chi connectivity index (χ0n) is 13.5. The maximum Gasteiger partial charge on any atom is 0.326 e. The van der Waals surface area contributed by atoms with Gasteiger partial charge in [-0.25, -0.2) is 4.79 Å². The fraction of sp³-hybridized carbons (Fsp3) is 0.438. The molecule has 0 bridgehead atoms. The van der Waals surface area contributed by atoms with Crippen LogP contribution in [0.2, 0.25) is 4.34 Å². The number of amides is 4. The molecule has 1 aromatic rings. The van der Waals surface area contributed by atoms with Gasteiger partial charge in [-0.15, -0.1) is 17.9 Å². The van der Waals surface area contributed by atoms with E-state index in [4.69, 9.17) is 11.6 Å². The number of urea groups is 1. The molecule has 1 aromatic heterocycles. The second-order valence-electron chi connectivity index (χ2n) is 5.56. The van der Waals surface area contributed by atoms with Crippen LogP contribution in [0.4, 0.5) is 4.79 Å². The third-order valence-electron chi connectivity index (χ3n) is 3.68. The summed E-state index contributed by atoms with van der Waals surface area (Å²) in [6.45, 7) is 4.97. The van der Waals surface area contributed by atoms with Gasteiger partial charge in [0.2, 0.25) is 11.8 Å². The summed E-state index contributed by atoms with van der Waals surface area (Å²) in [5, 5.41) is 0. The van der Waals surface area contributed by atoms with E-state index in [1.165, 1.54) is 21.1 Å². The first-order valence-electron chi connectivity index (χ1n) is 7.60. The van der Waals surface area contributed by atoms with Gasteiger partial charge in [0, 0.05) is 31.4 Å². The Bertz CT molecular complexity index is 646. The molecule has 1 saturated heterocycles. The van der Waals surface area contributed by atoms with Crippen LogP contribution in [0.5, 0.6) is 0 Å². The predicted molar refractivity (Wildman–Crippen MR) is 93.9 cm³/mol. The summed E-state index contributed by atoms with van der Waals surface area (Å²) >= 11 is 7.36. The highest BCUT2D eigenvalue weighted by Crippen LogP contribution is 2.23. The molecule has 0 radical (unpaired) electrons. The maximum atomic E-state index is 12.4. The molecule has 1 fully saturated rings. The average molecular weight is 370 g/mol. The van der Waals surface area contributed by atoms with Crippen molar-refractivity contribution in [2.75, 3.05) is 26.7 Å². The largest absolute Gasteiger partial charge is 0.334 e. The Morgan fingerprint density at radius 2 is 2.21 bits per heavy atom. The van der Waals surface area contributed by atoms with Gasteiger partial charge in [0.05, 0.1) is 10.9 Å². The molecule has 1 aliphatic heterocycles.